The molecule has 25 heavy (non-hydrogen) atoms. The Morgan fingerprint density at radius 2 is 2.20 bits per heavy atom. The fraction of sp³-hybridized carbons (Fsp3) is 0.133. The zero-order chi connectivity index (χ0) is 17.4. The Hall–Kier alpha value is -3.27. The average molecular weight is 356 g/mol. The minimum absolute atomic E-state index is 0.00648. The molecule has 0 aliphatic rings. The van der Waals surface area contributed by atoms with Crippen molar-refractivity contribution in [2.24, 2.45) is 0 Å². The SMILES string of the molecule is Cc1nc(C)c(-c2nnc(NC(=O)c3cc(-c4ccco4)[nH]n3)o2)s1. The van der Waals surface area contributed by atoms with Crippen LogP contribution in [0.15, 0.2) is 33.3 Å². The Labute approximate surface area is 145 Å². The van der Waals surface area contributed by atoms with Gasteiger partial charge in [-0.25, -0.2) is 4.98 Å². The Morgan fingerprint density at radius 3 is 2.92 bits per heavy atom. The van der Waals surface area contributed by atoms with Gasteiger partial charge in [0.15, 0.2) is 11.5 Å². The van der Waals surface area contributed by atoms with Gasteiger partial charge in [-0.1, -0.05) is 5.10 Å². The molecule has 4 aromatic heterocycles. The molecule has 1 amide bonds. The number of furan rings is 1. The molecule has 0 saturated heterocycles. The third-order valence-corrected chi connectivity index (χ3v) is 4.40. The monoisotopic (exact) mass is 356 g/mol. The fourth-order valence-electron chi connectivity index (χ4n) is 2.25. The van der Waals surface area contributed by atoms with E-state index in [1.807, 2.05) is 13.8 Å². The molecule has 0 aliphatic heterocycles. The molecule has 0 radical (unpaired) electrons. The van der Waals surface area contributed by atoms with E-state index in [-0.39, 0.29) is 11.7 Å². The van der Waals surface area contributed by atoms with Gasteiger partial charge in [-0.2, -0.15) is 5.10 Å². The number of hydrogen-bond acceptors (Lipinski definition) is 8. The Morgan fingerprint density at radius 1 is 1.32 bits per heavy atom. The van der Waals surface area contributed by atoms with E-state index in [0.29, 0.717) is 17.3 Å². The van der Waals surface area contributed by atoms with Gasteiger partial charge in [0.1, 0.15) is 10.6 Å². The molecule has 9 nitrogen and oxygen atoms in total. The van der Waals surface area contributed by atoms with Crippen LogP contribution in [0.25, 0.3) is 22.2 Å². The lowest BCUT2D eigenvalue weighted by Crippen LogP contribution is -2.12. The highest BCUT2D eigenvalue weighted by Gasteiger charge is 2.18. The van der Waals surface area contributed by atoms with E-state index in [2.05, 4.69) is 30.7 Å². The summed E-state index contributed by atoms with van der Waals surface area (Å²) in [4.78, 5) is 17.3. The number of aromatic nitrogens is 5. The lowest BCUT2D eigenvalue weighted by Gasteiger charge is -1.95. The zero-order valence-electron chi connectivity index (χ0n) is 13.2. The molecule has 0 aliphatic carbocycles. The second-order valence-corrected chi connectivity index (χ2v) is 6.36. The average Bonchev–Trinajstić information content (AvgIpc) is 3.34. The van der Waals surface area contributed by atoms with Gasteiger partial charge >= 0.3 is 6.01 Å². The number of nitrogens with one attached hydrogen (secondary N) is 2. The van der Waals surface area contributed by atoms with Crippen LogP contribution >= 0.6 is 11.3 Å². The number of nitrogens with zero attached hydrogens (tertiary/aromatic N) is 4. The summed E-state index contributed by atoms with van der Waals surface area (Å²) < 4.78 is 10.7. The van der Waals surface area contributed by atoms with Crippen molar-refractivity contribution in [3.63, 3.8) is 0 Å². The third kappa shape index (κ3) is 2.94. The molecule has 0 aromatic carbocycles. The lowest BCUT2D eigenvalue weighted by molar-refractivity contribution is 0.101. The van der Waals surface area contributed by atoms with Crippen LogP contribution in [0.4, 0.5) is 6.01 Å². The number of anilines is 1. The van der Waals surface area contributed by atoms with Crippen molar-refractivity contribution in [3.05, 3.63) is 40.9 Å². The highest BCUT2D eigenvalue weighted by molar-refractivity contribution is 7.15. The maximum absolute atomic E-state index is 12.3. The summed E-state index contributed by atoms with van der Waals surface area (Å²) >= 11 is 1.45. The summed E-state index contributed by atoms with van der Waals surface area (Å²) in [7, 11) is 0. The van der Waals surface area contributed by atoms with Gasteiger partial charge < -0.3 is 8.83 Å². The van der Waals surface area contributed by atoms with Crippen LogP contribution in [0, 0.1) is 13.8 Å². The maximum atomic E-state index is 12.3. The largest absolute Gasteiger partial charge is 0.463 e. The van der Waals surface area contributed by atoms with Crippen molar-refractivity contribution in [1.29, 1.82) is 0 Å². The lowest BCUT2D eigenvalue weighted by atomic mass is 10.3. The van der Waals surface area contributed by atoms with Crippen LogP contribution in [-0.4, -0.2) is 31.3 Å². The number of carbonyl (C=O) groups excluding carboxylic acids is 1. The number of H-pyrrole nitrogens is 1. The molecule has 0 saturated carbocycles. The topological polar surface area (TPSA) is 123 Å². The fourth-order valence-corrected chi connectivity index (χ4v) is 3.09. The van der Waals surface area contributed by atoms with Gasteiger partial charge in [-0.05, 0) is 26.0 Å². The molecule has 4 heterocycles. The molecule has 4 rings (SSSR count). The number of hydrogen-bond donors (Lipinski definition) is 2. The summed E-state index contributed by atoms with van der Waals surface area (Å²) in [5.74, 6) is 0.431. The van der Waals surface area contributed by atoms with Crippen LogP contribution in [0.1, 0.15) is 21.2 Å². The van der Waals surface area contributed by atoms with Gasteiger partial charge in [-0.15, -0.1) is 16.4 Å². The first-order valence-electron chi connectivity index (χ1n) is 7.28. The van der Waals surface area contributed by atoms with Gasteiger partial charge in [0.25, 0.3) is 11.8 Å². The molecule has 2 N–H and O–H groups in total. The molecular formula is C15H12N6O3S. The summed E-state index contributed by atoms with van der Waals surface area (Å²) in [6.07, 6.45) is 1.54. The van der Waals surface area contributed by atoms with Gasteiger partial charge in [0.05, 0.1) is 17.0 Å². The number of rotatable bonds is 4. The van der Waals surface area contributed by atoms with E-state index in [1.54, 1.807) is 24.5 Å². The number of thiazole rings is 1. The normalized spacial score (nSPS) is 11.0. The quantitative estimate of drug-likeness (QED) is 0.576. The standard InChI is InChI=1S/C15H12N6O3S/c1-7-12(25-8(2)16-7)14-20-21-15(24-14)17-13(22)10-6-9(18-19-10)11-4-3-5-23-11/h3-6H,1-2H3,(H,18,19)(H,17,21,22). The first kappa shape index (κ1) is 15.3. The Kier molecular flexibility index (Phi) is 3.65. The highest BCUT2D eigenvalue weighted by atomic mass is 32.1. The minimum Gasteiger partial charge on any atom is -0.463 e. The predicted molar refractivity (Wildman–Crippen MR) is 89.1 cm³/mol. The van der Waals surface area contributed by atoms with E-state index < -0.39 is 5.91 Å². The molecule has 0 unspecified atom stereocenters. The second kappa shape index (κ2) is 5.98. The van der Waals surface area contributed by atoms with Crippen LogP contribution < -0.4 is 5.32 Å². The van der Waals surface area contributed by atoms with Gasteiger partial charge in [0.2, 0.25) is 0 Å². The highest BCUT2D eigenvalue weighted by Crippen LogP contribution is 2.29. The number of carbonyl (C=O) groups is 1. The molecule has 4 aromatic rings. The number of aryl methyl sites for hydroxylation is 2. The van der Waals surface area contributed by atoms with Gasteiger partial charge in [-0.3, -0.25) is 15.2 Å². The van der Waals surface area contributed by atoms with E-state index >= 15 is 0 Å². The van der Waals surface area contributed by atoms with Crippen LogP contribution in [0.5, 0.6) is 0 Å². The molecule has 0 spiro atoms. The van der Waals surface area contributed by atoms with Crippen LogP contribution in [0.3, 0.4) is 0 Å². The zero-order valence-corrected chi connectivity index (χ0v) is 14.0. The number of aromatic amines is 1. The Balaban J connectivity index is 1.51. The first-order chi connectivity index (χ1) is 12.1. The summed E-state index contributed by atoms with van der Waals surface area (Å²) in [5.41, 5.74) is 1.58. The minimum atomic E-state index is -0.471. The summed E-state index contributed by atoms with van der Waals surface area (Å²) in [6, 6.07) is 5.08. The molecule has 0 atom stereocenters. The van der Waals surface area contributed by atoms with Crippen molar-refractivity contribution in [1.82, 2.24) is 25.4 Å². The van der Waals surface area contributed by atoms with E-state index in [1.165, 1.54) is 11.3 Å². The van der Waals surface area contributed by atoms with Crippen molar-refractivity contribution >= 4 is 23.3 Å². The summed E-state index contributed by atoms with van der Waals surface area (Å²) in [5, 5.41) is 17.9. The number of amides is 1. The van der Waals surface area contributed by atoms with E-state index in [0.717, 1.165) is 15.6 Å². The molecule has 10 heteroatoms. The van der Waals surface area contributed by atoms with Crippen molar-refractivity contribution in [3.8, 4) is 22.2 Å². The van der Waals surface area contributed by atoms with Crippen molar-refractivity contribution in [2.75, 3.05) is 5.32 Å². The van der Waals surface area contributed by atoms with Crippen molar-refractivity contribution in [2.45, 2.75) is 13.8 Å². The molecule has 126 valence electrons. The smallest absolute Gasteiger partial charge is 0.322 e. The molecule has 0 bridgehead atoms. The molecule has 0 fully saturated rings. The Bertz CT molecular complexity index is 1030. The van der Waals surface area contributed by atoms with Crippen LogP contribution in [-0.2, 0) is 0 Å². The van der Waals surface area contributed by atoms with E-state index in [4.69, 9.17) is 8.83 Å². The third-order valence-electron chi connectivity index (χ3n) is 3.34. The molecular weight excluding hydrogens is 344 g/mol. The predicted octanol–water partition coefficient (Wildman–Crippen LogP) is 3.05. The van der Waals surface area contributed by atoms with E-state index in [9.17, 15) is 4.79 Å². The van der Waals surface area contributed by atoms with Crippen LogP contribution in [0.2, 0.25) is 0 Å². The maximum Gasteiger partial charge on any atom is 0.322 e. The van der Waals surface area contributed by atoms with Gasteiger partial charge in [0, 0.05) is 6.07 Å². The van der Waals surface area contributed by atoms with Crippen molar-refractivity contribution < 1.29 is 13.6 Å². The second-order valence-electron chi connectivity index (χ2n) is 5.16. The first-order valence-corrected chi connectivity index (χ1v) is 8.10. The summed E-state index contributed by atoms with van der Waals surface area (Å²) in [6.45, 7) is 3.76.